The molecular formula is C12H20N2O4S. The van der Waals surface area contributed by atoms with Gasteiger partial charge in [0.1, 0.15) is 6.04 Å². The molecular weight excluding hydrogens is 268 g/mol. The molecule has 0 aliphatic heterocycles. The van der Waals surface area contributed by atoms with E-state index in [1.54, 1.807) is 17.8 Å². The van der Waals surface area contributed by atoms with E-state index >= 15 is 0 Å². The first-order chi connectivity index (χ1) is 8.76. The largest absolute Gasteiger partial charge is 0.468 e. The Labute approximate surface area is 113 Å². The number of aromatic nitrogens is 1. The first kappa shape index (κ1) is 15.7. The minimum atomic E-state index is -3.71. The molecule has 1 aromatic heterocycles. The molecule has 1 unspecified atom stereocenters. The van der Waals surface area contributed by atoms with Gasteiger partial charge in [0.2, 0.25) is 10.0 Å². The lowest BCUT2D eigenvalue weighted by Crippen LogP contribution is -2.42. The zero-order valence-corrected chi connectivity index (χ0v) is 12.4. The fourth-order valence-corrected chi connectivity index (χ4v) is 2.95. The maximum atomic E-state index is 12.1. The minimum absolute atomic E-state index is 0.132. The van der Waals surface area contributed by atoms with Crippen LogP contribution in [0.15, 0.2) is 23.4 Å². The number of rotatable bonds is 6. The lowest BCUT2D eigenvalue weighted by atomic mass is 10.1. The molecule has 6 nitrogen and oxygen atoms in total. The van der Waals surface area contributed by atoms with E-state index in [1.807, 2.05) is 13.8 Å². The number of sulfonamides is 1. The van der Waals surface area contributed by atoms with Crippen LogP contribution in [0.2, 0.25) is 0 Å². The average molecular weight is 288 g/mol. The smallest absolute Gasteiger partial charge is 0.323 e. The summed E-state index contributed by atoms with van der Waals surface area (Å²) < 4.78 is 32.9. The summed E-state index contributed by atoms with van der Waals surface area (Å²) in [5, 5.41) is 0. The van der Waals surface area contributed by atoms with Crippen LogP contribution in [0, 0.1) is 5.92 Å². The van der Waals surface area contributed by atoms with Gasteiger partial charge in [0.25, 0.3) is 0 Å². The van der Waals surface area contributed by atoms with Gasteiger partial charge in [-0.05, 0) is 18.4 Å². The van der Waals surface area contributed by atoms with E-state index in [0.717, 1.165) is 0 Å². The standard InChI is InChI=1S/C12H20N2O4S/c1-9(2)7-11(12(15)18-4)13-19(16,17)10-5-6-14(3)8-10/h5-6,8-9,11,13H,7H2,1-4H3. The van der Waals surface area contributed by atoms with Crippen LogP contribution in [0.4, 0.5) is 0 Å². The number of nitrogens with zero attached hydrogens (tertiary/aromatic N) is 1. The Balaban J connectivity index is 2.92. The van der Waals surface area contributed by atoms with Crippen molar-refractivity contribution in [2.45, 2.75) is 31.2 Å². The molecule has 0 spiro atoms. The number of hydrogen-bond donors (Lipinski definition) is 1. The Bertz CT molecular complexity index is 534. The van der Waals surface area contributed by atoms with Crippen molar-refractivity contribution in [3.63, 3.8) is 0 Å². The molecule has 0 saturated heterocycles. The third-order valence-electron chi connectivity index (χ3n) is 2.61. The first-order valence-corrected chi connectivity index (χ1v) is 7.46. The van der Waals surface area contributed by atoms with Crippen molar-refractivity contribution in [3.8, 4) is 0 Å². The monoisotopic (exact) mass is 288 g/mol. The highest BCUT2D eigenvalue weighted by Gasteiger charge is 2.27. The van der Waals surface area contributed by atoms with Gasteiger partial charge >= 0.3 is 5.97 Å². The van der Waals surface area contributed by atoms with Crippen molar-refractivity contribution >= 4 is 16.0 Å². The van der Waals surface area contributed by atoms with Crippen molar-refractivity contribution in [1.82, 2.24) is 9.29 Å². The summed E-state index contributed by atoms with van der Waals surface area (Å²) in [4.78, 5) is 11.7. The zero-order valence-electron chi connectivity index (χ0n) is 11.6. The minimum Gasteiger partial charge on any atom is -0.468 e. The molecule has 0 saturated carbocycles. The van der Waals surface area contributed by atoms with E-state index in [4.69, 9.17) is 0 Å². The molecule has 0 amide bonds. The van der Waals surface area contributed by atoms with Gasteiger partial charge < -0.3 is 9.30 Å². The Morgan fingerprint density at radius 3 is 2.53 bits per heavy atom. The number of aryl methyl sites for hydroxylation is 1. The lowest BCUT2D eigenvalue weighted by Gasteiger charge is -2.17. The van der Waals surface area contributed by atoms with Crippen LogP contribution in [0.25, 0.3) is 0 Å². The highest BCUT2D eigenvalue weighted by atomic mass is 32.2. The molecule has 1 N–H and O–H groups in total. The fraction of sp³-hybridized carbons (Fsp3) is 0.583. The van der Waals surface area contributed by atoms with Crippen molar-refractivity contribution in [3.05, 3.63) is 18.5 Å². The number of carbonyl (C=O) groups is 1. The molecule has 1 aromatic rings. The zero-order chi connectivity index (χ0) is 14.6. The Kier molecular flexibility index (Phi) is 5.13. The van der Waals surface area contributed by atoms with Gasteiger partial charge in [-0.25, -0.2) is 8.42 Å². The molecule has 0 aliphatic carbocycles. The average Bonchev–Trinajstić information content (AvgIpc) is 2.74. The summed E-state index contributed by atoms with van der Waals surface area (Å²) in [6, 6.07) is 0.613. The number of hydrogen-bond acceptors (Lipinski definition) is 4. The van der Waals surface area contributed by atoms with Crippen LogP contribution in [-0.4, -0.2) is 32.1 Å². The molecule has 0 radical (unpaired) electrons. The van der Waals surface area contributed by atoms with Gasteiger partial charge in [-0.2, -0.15) is 4.72 Å². The molecule has 108 valence electrons. The van der Waals surface area contributed by atoms with Crippen molar-refractivity contribution < 1.29 is 17.9 Å². The number of esters is 1. The molecule has 1 atom stereocenters. The molecule has 19 heavy (non-hydrogen) atoms. The molecule has 0 aromatic carbocycles. The SMILES string of the molecule is COC(=O)C(CC(C)C)NS(=O)(=O)c1ccn(C)c1. The quantitative estimate of drug-likeness (QED) is 0.789. The predicted molar refractivity (Wildman–Crippen MR) is 71.0 cm³/mol. The lowest BCUT2D eigenvalue weighted by molar-refractivity contribution is -0.143. The molecule has 0 bridgehead atoms. The molecule has 0 fully saturated rings. The van der Waals surface area contributed by atoms with E-state index in [9.17, 15) is 13.2 Å². The summed E-state index contributed by atoms with van der Waals surface area (Å²) in [6.45, 7) is 3.82. The van der Waals surface area contributed by atoms with Gasteiger partial charge in [0, 0.05) is 19.4 Å². The topological polar surface area (TPSA) is 77.4 Å². The van der Waals surface area contributed by atoms with Gasteiger partial charge in [0.05, 0.1) is 12.0 Å². The highest BCUT2D eigenvalue weighted by Crippen LogP contribution is 2.13. The van der Waals surface area contributed by atoms with Crippen LogP contribution >= 0.6 is 0 Å². The van der Waals surface area contributed by atoms with E-state index in [1.165, 1.54) is 19.4 Å². The Morgan fingerprint density at radius 1 is 1.47 bits per heavy atom. The summed E-state index contributed by atoms with van der Waals surface area (Å²) in [6.07, 6.45) is 3.49. The number of carbonyl (C=O) groups excluding carboxylic acids is 1. The summed E-state index contributed by atoms with van der Waals surface area (Å²) >= 11 is 0. The maximum Gasteiger partial charge on any atom is 0.323 e. The molecule has 0 aliphatic rings. The highest BCUT2D eigenvalue weighted by molar-refractivity contribution is 7.89. The fourth-order valence-electron chi connectivity index (χ4n) is 1.70. The van der Waals surface area contributed by atoms with Gasteiger partial charge in [-0.15, -0.1) is 0 Å². The Morgan fingerprint density at radius 2 is 2.11 bits per heavy atom. The van der Waals surface area contributed by atoms with Crippen LogP contribution in [0.3, 0.4) is 0 Å². The maximum absolute atomic E-state index is 12.1. The van der Waals surface area contributed by atoms with Crippen LogP contribution in [-0.2, 0) is 26.6 Å². The second kappa shape index (κ2) is 6.21. The van der Waals surface area contributed by atoms with Crippen molar-refractivity contribution in [2.24, 2.45) is 13.0 Å². The molecule has 7 heteroatoms. The molecule has 1 heterocycles. The van der Waals surface area contributed by atoms with Gasteiger partial charge in [0.15, 0.2) is 0 Å². The van der Waals surface area contributed by atoms with E-state index < -0.39 is 22.0 Å². The summed E-state index contributed by atoms with van der Waals surface area (Å²) in [5.41, 5.74) is 0. The second-order valence-corrected chi connectivity index (χ2v) is 6.55. The van der Waals surface area contributed by atoms with E-state index in [-0.39, 0.29) is 10.8 Å². The normalized spacial score (nSPS) is 13.5. The summed E-state index contributed by atoms with van der Waals surface area (Å²) in [5.74, 6) is -0.407. The van der Waals surface area contributed by atoms with Crippen LogP contribution < -0.4 is 4.72 Å². The van der Waals surface area contributed by atoms with Gasteiger partial charge in [-0.3, -0.25) is 4.79 Å². The predicted octanol–water partition coefficient (Wildman–Crippen LogP) is 0.891. The van der Waals surface area contributed by atoms with Crippen molar-refractivity contribution in [1.29, 1.82) is 0 Å². The van der Waals surface area contributed by atoms with Crippen LogP contribution in [0.5, 0.6) is 0 Å². The summed E-state index contributed by atoms with van der Waals surface area (Å²) in [7, 11) is -0.741. The van der Waals surface area contributed by atoms with E-state index in [2.05, 4.69) is 9.46 Å². The second-order valence-electron chi connectivity index (χ2n) is 4.84. The van der Waals surface area contributed by atoms with Crippen LogP contribution in [0.1, 0.15) is 20.3 Å². The number of methoxy groups -OCH3 is 1. The number of nitrogens with one attached hydrogen (secondary N) is 1. The third kappa shape index (κ3) is 4.36. The van der Waals surface area contributed by atoms with E-state index in [0.29, 0.717) is 6.42 Å². The molecule has 1 rings (SSSR count). The number of ether oxygens (including phenoxy) is 1. The van der Waals surface area contributed by atoms with Crippen molar-refractivity contribution in [2.75, 3.05) is 7.11 Å². The Hall–Kier alpha value is -1.34. The third-order valence-corrected chi connectivity index (χ3v) is 4.06. The first-order valence-electron chi connectivity index (χ1n) is 5.98. The van der Waals surface area contributed by atoms with Gasteiger partial charge in [-0.1, -0.05) is 13.8 Å².